The molecule has 3 rings (SSSR count). The van der Waals surface area contributed by atoms with Crippen LogP contribution < -0.4 is 10.0 Å². The highest BCUT2D eigenvalue weighted by atomic mass is 32.2. The summed E-state index contributed by atoms with van der Waals surface area (Å²) >= 11 is 0. The van der Waals surface area contributed by atoms with Gasteiger partial charge in [0.25, 0.3) is 0 Å². The highest BCUT2D eigenvalue weighted by Crippen LogP contribution is 2.21. The Labute approximate surface area is 146 Å². The summed E-state index contributed by atoms with van der Waals surface area (Å²) in [5.41, 5.74) is 2.96. The molecule has 0 spiro atoms. The average Bonchev–Trinajstić information content (AvgIpc) is 2.96. The maximum absolute atomic E-state index is 12.4. The smallest absolute Gasteiger partial charge is 0.473 e. The van der Waals surface area contributed by atoms with Crippen molar-refractivity contribution in [1.29, 1.82) is 0 Å². The number of fused-ring (bicyclic) bond motifs is 1. The summed E-state index contributed by atoms with van der Waals surface area (Å²) in [4.78, 5) is 10.7. The minimum absolute atomic E-state index is 0.179. The fourth-order valence-corrected chi connectivity index (χ4v) is 4.66. The number of rotatable bonds is 6. The maximum atomic E-state index is 12.4. The van der Waals surface area contributed by atoms with E-state index in [0.717, 1.165) is 18.7 Å². The second kappa shape index (κ2) is 7.42. The van der Waals surface area contributed by atoms with E-state index in [-0.39, 0.29) is 12.2 Å². The lowest BCUT2D eigenvalue weighted by molar-refractivity contribution is -0.139. The Kier molecular flexibility index (Phi) is 5.45. The summed E-state index contributed by atoms with van der Waals surface area (Å²) in [7, 11) is -5.00. The highest BCUT2D eigenvalue weighted by molar-refractivity contribution is 7.88. The first-order valence-electron chi connectivity index (χ1n) is 8.19. The Morgan fingerprint density at radius 1 is 1.32 bits per heavy atom. The van der Waals surface area contributed by atoms with Crippen LogP contribution in [0.3, 0.4) is 0 Å². The molecule has 0 amide bonds. The number of nitrogens with one attached hydrogen (secondary N) is 2. The van der Waals surface area contributed by atoms with Crippen molar-refractivity contribution in [3.63, 3.8) is 0 Å². The topological polar surface area (TPSA) is 125 Å². The van der Waals surface area contributed by atoms with Crippen molar-refractivity contribution in [2.24, 2.45) is 0 Å². The fraction of sp³-hybridized carbons (Fsp3) is 0.533. The van der Waals surface area contributed by atoms with Crippen molar-refractivity contribution >= 4 is 23.1 Å². The zero-order chi connectivity index (χ0) is 18.0. The number of hydrogen-bond acceptors (Lipinski definition) is 6. The number of carboxylic acid groups (broad SMARTS) is 1. The van der Waals surface area contributed by atoms with E-state index >= 15 is 0 Å². The molecule has 136 valence electrons. The van der Waals surface area contributed by atoms with Crippen LogP contribution in [-0.4, -0.2) is 43.7 Å². The molecular weight excluding hydrogens is 347 g/mol. The van der Waals surface area contributed by atoms with Gasteiger partial charge in [-0.1, -0.05) is 18.2 Å². The Morgan fingerprint density at radius 3 is 2.80 bits per heavy atom. The average molecular weight is 368 g/mol. The summed E-state index contributed by atoms with van der Waals surface area (Å²) in [6.07, 6.45) is -0.106. The van der Waals surface area contributed by atoms with Crippen molar-refractivity contribution in [2.45, 2.75) is 50.1 Å². The van der Waals surface area contributed by atoms with Gasteiger partial charge in [0.2, 0.25) is 10.0 Å². The van der Waals surface area contributed by atoms with E-state index in [2.05, 4.69) is 10.0 Å². The summed E-state index contributed by atoms with van der Waals surface area (Å²) in [6, 6.07) is 5.60. The second-order valence-electron chi connectivity index (χ2n) is 6.51. The second-order valence-corrected chi connectivity index (χ2v) is 8.27. The minimum Gasteiger partial charge on any atom is -0.481 e. The van der Waals surface area contributed by atoms with Crippen LogP contribution in [0.4, 0.5) is 0 Å². The van der Waals surface area contributed by atoms with E-state index in [9.17, 15) is 18.2 Å². The molecule has 25 heavy (non-hydrogen) atoms. The largest absolute Gasteiger partial charge is 0.481 e. The molecule has 8 nitrogen and oxygen atoms in total. The molecule has 2 atom stereocenters. The van der Waals surface area contributed by atoms with Crippen molar-refractivity contribution in [1.82, 2.24) is 10.0 Å². The number of benzene rings is 1. The van der Waals surface area contributed by atoms with Crippen molar-refractivity contribution in [2.75, 3.05) is 0 Å². The van der Waals surface area contributed by atoms with Crippen molar-refractivity contribution in [3.05, 3.63) is 34.9 Å². The van der Waals surface area contributed by atoms with Gasteiger partial charge in [0.15, 0.2) is 0 Å². The molecule has 0 radical (unpaired) electrons. The van der Waals surface area contributed by atoms with Gasteiger partial charge in [0, 0.05) is 13.1 Å². The summed E-state index contributed by atoms with van der Waals surface area (Å²) in [5, 5.41) is 21.9. The van der Waals surface area contributed by atoms with Gasteiger partial charge in [0.05, 0.1) is 24.2 Å². The first-order valence-corrected chi connectivity index (χ1v) is 9.84. The number of carboxylic acids is 1. The Hall–Kier alpha value is -1.46. The third-order valence-corrected chi connectivity index (χ3v) is 5.84. The molecule has 0 bridgehead atoms. The Bertz CT molecular complexity index is 756. The van der Waals surface area contributed by atoms with Crippen LogP contribution in [0.2, 0.25) is 0 Å². The van der Waals surface area contributed by atoms with Gasteiger partial charge >= 0.3 is 13.1 Å². The van der Waals surface area contributed by atoms with E-state index < -0.39 is 35.2 Å². The normalized spacial score (nSPS) is 23.5. The fourth-order valence-electron chi connectivity index (χ4n) is 3.26. The van der Waals surface area contributed by atoms with Gasteiger partial charge in [-0.3, -0.25) is 4.79 Å². The van der Waals surface area contributed by atoms with Crippen LogP contribution in [0.25, 0.3) is 0 Å². The summed E-state index contributed by atoms with van der Waals surface area (Å²) < 4.78 is 32.4. The molecular formula is C15H21BN2O6S. The van der Waals surface area contributed by atoms with Gasteiger partial charge in [0.1, 0.15) is 0 Å². The van der Waals surface area contributed by atoms with E-state index in [1.807, 2.05) is 12.1 Å². The minimum atomic E-state index is -3.65. The monoisotopic (exact) mass is 368 g/mol. The maximum Gasteiger partial charge on any atom is 0.473 e. The van der Waals surface area contributed by atoms with Gasteiger partial charge in [-0.2, -0.15) is 0 Å². The lowest BCUT2D eigenvalue weighted by atomic mass is 9.73. The van der Waals surface area contributed by atoms with E-state index in [0.29, 0.717) is 18.4 Å². The van der Waals surface area contributed by atoms with Crippen LogP contribution in [0, 0.1) is 0 Å². The zero-order valence-corrected chi connectivity index (χ0v) is 14.5. The summed E-state index contributed by atoms with van der Waals surface area (Å²) in [5.74, 6) is -1.96. The van der Waals surface area contributed by atoms with Gasteiger partial charge < -0.3 is 20.1 Å². The molecule has 1 aromatic rings. The lowest BCUT2D eigenvalue weighted by Crippen LogP contribution is -2.53. The standard InChI is InChI=1S/C15H21BN2O6S/c19-15(20)6-13-3-4-14(16(21)24-13)18-25(22,23)9-10-1-2-11-7-17-8-12(11)5-10/h1-2,5,13-14,17-18,21H,3-4,6-9H2,(H,19,20)/t13-,14-/m0/s1. The van der Waals surface area contributed by atoms with Crippen LogP contribution >= 0.6 is 0 Å². The molecule has 2 heterocycles. The molecule has 1 aromatic carbocycles. The SMILES string of the molecule is O=C(O)C[C@@H]1CC[C@H](NS(=O)(=O)Cc2ccc3c(c2)CNC3)B(O)O1. The number of carbonyl (C=O) groups is 1. The van der Waals surface area contributed by atoms with Gasteiger partial charge in [-0.15, -0.1) is 0 Å². The molecule has 1 saturated heterocycles. The number of aliphatic carboxylic acids is 1. The molecule has 0 aliphatic carbocycles. The molecule has 1 fully saturated rings. The van der Waals surface area contributed by atoms with Crippen LogP contribution in [0.5, 0.6) is 0 Å². The number of hydrogen-bond donors (Lipinski definition) is 4. The predicted octanol–water partition coefficient (Wildman–Crippen LogP) is -0.249. The molecule has 0 saturated carbocycles. The van der Waals surface area contributed by atoms with Crippen molar-refractivity contribution < 1.29 is 28.0 Å². The Morgan fingerprint density at radius 2 is 2.08 bits per heavy atom. The molecule has 4 N–H and O–H groups in total. The quantitative estimate of drug-likeness (QED) is 0.511. The van der Waals surface area contributed by atoms with Gasteiger partial charge in [-0.25, -0.2) is 13.1 Å². The predicted molar refractivity (Wildman–Crippen MR) is 90.9 cm³/mol. The Balaban J connectivity index is 1.59. The third kappa shape index (κ3) is 4.80. The molecule has 0 aromatic heterocycles. The lowest BCUT2D eigenvalue weighted by Gasteiger charge is -2.30. The van der Waals surface area contributed by atoms with Crippen molar-refractivity contribution in [3.8, 4) is 0 Å². The van der Waals surface area contributed by atoms with Crippen LogP contribution in [0.1, 0.15) is 36.0 Å². The first-order chi connectivity index (χ1) is 11.8. The first kappa shape index (κ1) is 18.3. The number of sulfonamides is 1. The highest BCUT2D eigenvalue weighted by Gasteiger charge is 2.38. The van der Waals surface area contributed by atoms with E-state index in [1.165, 1.54) is 5.56 Å². The molecule has 2 aliphatic heterocycles. The van der Waals surface area contributed by atoms with E-state index in [1.54, 1.807) is 6.07 Å². The molecule has 0 unspecified atom stereocenters. The van der Waals surface area contributed by atoms with Crippen LogP contribution in [0.15, 0.2) is 18.2 Å². The third-order valence-electron chi connectivity index (χ3n) is 4.47. The summed E-state index contributed by atoms with van der Waals surface area (Å²) in [6.45, 7) is 1.53. The van der Waals surface area contributed by atoms with Crippen LogP contribution in [-0.2, 0) is 38.3 Å². The molecule has 2 aliphatic rings. The van der Waals surface area contributed by atoms with E-state index in [4.69, 9.17) is 9.76 Å². The zero-order valence-electron chi connectivity index (χ0n) is 13.6. The van der Waals surface area contributed by atoms with Gasteiger partial charge in [-0.05, 0) is 29.5 Å². The molecule has 10 heteroatoms.